The molecular weight excluding hydrogens is 487 g/mol. The summed E-state index contributed by atoms with van der Waals surface area (Å²) in [5.41, 5.74) is 0.416. The molecule has 2 N–H and O–H groups in total. The molecule has 1 aromatic heterocycles. The third-order valence-electron chi connectivity index (χ3n) is 5.19. The Morgan fingerprint density at radius 2 is 1.89 bits per heavy atom. The van der Waals surface area contributed by atoms with Crippen molar-refractivity contribution in [2.45, 2.75) is 18.6 Å². The number of hydrogen-bond acceptors (Lipinski definition) is 5. The number of carboxylic acid groups (broad SMARTS) is 1. The van der Waals surface area contributed by atoms with Gasteiger partial charge in [-0.15, -0.1) is 0 Å². The zero-order chi connectivity index (χ0) is 25.8. The Balaban J connectivity index is 2.00. The van der Waals surface area contributed by atoms with Crippen LogP contribution in [0.1, 0.15) is 28.4 Å². The van der Waals surface area contributed by atoms with Crippen molar-refractivity contribution in [2.24, 2.45) is 0 Å². The van der Waals surface area contributed by atoms with Crippen molar-refractivity contribution in [1.29, 1.82) is 5.26 Å². The fraction of sp³-hybridized carbons (Fsp3) is 0.208. The summed E-state index contributed by atoms with van der Waals surface area (Å²) >= 11 is 6.04. The van der Waals surface area contributed by atoms with E-state index < -0.39 is 30.2 Å². The first-order valence-electron chi connectivity index (χ1n) is 10.2. The first-order chi connectivity index (χ1) is 16.5. The van der Waals surface area contributed by atoms with Crippen LogP contribution in [0.4, 0.5) is 18.9 Å². The van der Waals surface area contributed by atoms with E-state index >= 15 is 0 Å². The lowest BCUT2D eigenvalue weighted by Crippen LogP contribution is -2.32. The molecule has 0 aliphatic heterocycles. The van der Waals surface area contributed by atoms with Gasteiger partial charge in [0.25, 0.3) is 5.56 Å². The van der Waals surface area contributed by atoms with E-state index in [1.165, 1.54) is 55.8 Å². The van der Waals surface area contributed by atoms with Crippen LogP contribution in [0.3, 0.4) is 0 Å². The number of alkyl halides is 3. The molecule has 0 saturated heterocycles. The number of carboxylic acids is 1. The van der Waals surface area contributed by atoms with Gasteiger partial charge in [0, 0.05) is 34.4 Å². The Labute approximate surface area is 203 Å². The van der Waals surface area contributed by atoms with E-state index in [2.05, 4.69) is 5.32 Å². The van der Waals surface area contributed by atoms with Gasteiger partial charge in [-0.05, 0) is 42.5 Å². The highest BCUT2D eigenvalue weighted by molar-refractivity contribution is 6.31. The monoisotopic (exact) mass is 505 g/mol. The second-order valence-electron chi connectivity index (χ2n) is 7.54. The maximum Gasteiger partial charge on any atom is 0.391 e. The van der Waals surface area contributed by atoms with E-state index in [-0.39, 0.29) is 29.0 Å². The number of hydrogen-bond donors (Lipinski definition) is 2. The Morgan fingerprint density at radius 3 is 2.46 bits per heavy atom. The zero-order valence-corrected chi connectivity index (χ0v) is 19.0. The molecule has 0 aliphatic carbocycles. The van der Waals surface area contributed by atoms with E-state index in [4.69, 9.17) is 21.4 Å². The van der Waals surface area contributed by atoms with Gasteiger partial charge < -0.3 is 19.7 Å². The van der Waals surface area contributed by atoms with E-state index in [0.717, 1.165) is 10.6 Å². The first-order valence-corrected chi connectivity index (χ1v) is 10.5. The van der Waals surface area contributed by atoms with Crippen LogP contribution in [0.2, 0.25) is 5.02 Å². The van der Waals surface area contributed by atoms with Gasteiger partial charge in [0.2, 0.25) is 0 Å². The standard InChI is InChI=1S/C24H19ClF3N3O4/c1-35-21-13-31(22(32)9-20(21)19-8-16(25)5-2-15(19)11-29)18(10-24(26,27)28)12-30-17-6-3-14(4-7-17)23(33)34/h2-9,13,18,30H,10,12H2,1H3,(H,33,34). The molecule has 2 aromatic carbocycles. The number of nitrogens with zero attached hydrogens (tertiary/aromatic N) is 2. The molecule has 0 amide bonds. The summed E-state index contributed by atoms with van der Waals surface area (Å²) in [4.78, 5) is 23.9. The molecule has 1 heterocycles. The highest BCUT2D eigenvalue weighted by Crippen LogP contribution is 2.34. The van der Waals surface area contributed by atoms with Crippen molar-refractivity contribution >= 4 is 23.3 Å². The predicted molar refractivity (Wildman–Crippen MR) is 124 cm³/mol. The van der Waals surface area contributed by atoms with Gasteiger partial charge in [0.1, 0.15) is 5.75 Å². The number of carbonyl (C=O) groups is 1. The normalized spacial score (nSPS) is 12.0. The minimum absolute atomic E-state index is 0.0247. The first kappa shape index (κ1) is 25.6. The molecule has 0 saturated carbocycles. The largest absolute Gasteiger partial charge is 0.495 e. The summed E-state index contributed by atoms with van der Waals surface area (Å²) in [6.45, 7) is -0.283. The lowest BCUT2D eigenvalue weighted by atomic mass is 10.00. The topological polar surface area (TPSA) is 104 Å². The highest BCUT2D eigenvalue weighted by Gasteiger charge is 2.33. The Hall–Kier alpha value is -3.97. The lowest BCUT2D eigenvalue weighted by molar-refractivity contribution is -0.142. The Bertz CT molecular complexity index is 1330. The SMILES string of the molecule is COc1cn(C(CNc2ccc(C(=O)O)cc2)CC(F)(F)F)c(=O)cc1-c1cc(Cl)ccc1C#N. The quantitative estimate of drug-likeness (QED) is 0.427. The van der Waals surface area contributed by atoms with Crippen LogP contribution in [-0.2, 0) is 0 Å². The highest BCUT2D eigenvalue weighted by atomic mass is 35.5. The fourth-order valence-electron chi connectivity index (χ4n) is 3.53. The van der Waals surface area contributed by atoms with Crippen LogP contribution in [0, 0.1) is 11.3 Å². The van der Waals surface area contributed by atoms with Crippen molar-refractivity contribution in [2.75, 3.05) is 19.0 Å². The number of anilines is 1. The average molecular weight is 506 g/mol. The van der Waals surface area contributed by atoms with Crippen LogP contribution in [-0.4, -0.2) is 35.5 Å². The molecule has 3 rings (SSSR count). The van der Waals surface area contributed by atoms with Crippen LogP contribution in [0.5, 0.6) is 5.75 Å². The maximum absolute atomic E-state index is 13.4. The number of aromatic carboxylic acids is 1. The minimum Gasteiger partial charge on any atom is -0.495 e. The number of pyridine rings is 1. The van der Waals surface area contributed by atoms with Gasteiger partial charge in [0.05, 0.1) is 43.0 Å². The van der Waals surface area contributed by atoms with Gasteiger partial charge in [0.15, 0.2) is 0 Å². The van der Waals surface area contributed by atoms with E-state index in [1.807, 2.05) is 6.07 Å². The summed E-state index contributed by atoms with van der Waals surface area (Å²) in [6, 6.07) is 11.7. The number of nitriles is 1. The molecule has 1 unspecified atom stereocenters. The van der Waals surface area contributed by atoms with Crippen LogP contribution in [0.15, 0.2) is 59.5 Å². The smallest absolute Gasteiger partial charge is 0.391 e. The molecule has 35 heavy (non-hydrogen) atoms. The fourth-order valence-corrected chi connectivity index (χ4v) is 3.70. The van der Waals surface area contributed by atoms with Crippen LogP contribution < -0.4 is 15.6 Å². The zero-order valence-electron chi connectivity index (χ0n) is 18.3. The summed E-state index contributed by atoms with van der Waals surface area (Å²) in [7, 11) is 1.30. The van der Waals surface area contributed by atoms with Crippen molar-refractivity contribution in [3.8, 4) is 22.9 Å². The van der Waals surface area contributed by atoms with E-state index in [0.29, 0.717) is 16.3 Å². The number of methoxy groups -OCH3 is 1. The van der Waals surface area contributed by atoms with Gasteiger partial charge in [-0.3, -0.25) is 4.79 Å². The van der Waals surface area contributed by atoms with Crippen molar-refractivity contribution in [3.63, 3.8) is 0 Å². The van der Waals surface area contributed by atoms with Crippen molar-refractivity contribution < 1.29 is 27.8 Å². The lowest BCUT2D eigenvalue weighted by Gasteiger charge is -2.24. The molecule has 0 spiro atoms. The molecule has 11 heteroatoms. The van der Waals surface area contributed by atoms with Gasteiger partial charge in [-0.2, -0.15) is 18.4 Å². The third kappa shape index (κ3) is 6.33. The predicted octanol–water partition coefficient (Wildman–Crippen LogP) is 5.35. The summed E-state index contributed by atoms with van der Waals surface area (Å²) < 4.78 is 46.4. The van der Waals surface area contributed by atoms with Crippen LogP contribution >= 0.6 is 11.6 Å². The average Bonchev–Trinajstić information content (AvgIpc) is 2.81. The summed E-state index contributed by atoms with van der Waals surface area (Å²) in [5.74, 6) is -1.05. The summed E-state index contributed by atoms with van der Waals surface area (Å²) in [5, 5.41) is 21.5. The number of ether oxygens (including phenoxy) is 1. The Kier molecular flexibility index (Phi) is 7.71. The van der Waals surface area contributed by atoms with Crippen molar-refractivity contribution in [3.05, 3.63) is 81.2 Å². The molecule has 0 radical (unpaired) electrons. The van der Waals surface area contributed by atoms with Crippen molar-refractivity contribution in [1.82, 2.24) is 4.57 Å². The molecule has 182 valence electrons. The van der Waals surface area contributed by atoms with Gasteiger partial charge in [-0.25, -0.2) is 4.79 Å². The molecular formula is C24H19ClF3N3O4. The second kappa shape index (κ2) is 10.5. The molecule has 1 atom stereocenters. The molecule has 0 fully saturated rings. The molecule has 0 aliphatic rings. The molecule has 3 aromatic rings. The third-order valence-corrected chi connectivity index (χ3v) is 5.43. The van der Waals surface area contributed by atoms with Gasteiger partial charge >= 0.3 is 12.1 Å². The van der Waals surface area contributed by atoms with Crippen LogP contribution in [0.25, 0.3) is 11.1 Å². The number of benzene rings is 2. The molecule has 7 nitrogen and oxygen atoms in total. The number of aromatic nitrogens is 1. The molecule has 0 bridgehead atoms. The van der Waals surface area contributed by atoms with E-state index in [1.54, 1.807) is 0 Å². The van der Waals surface area contributed by atoms with E-state index in [9.17, 15) is 28.0 Å². The number of nitrogens with one attached hydrogen (secondary N) is 1. The number of halogens is 4. The maximum atomic E-state index is 13.4. The number of rotatable bonds is 8. The van der Waals surface area contributed by atoms with Gasteiger partial charge in [-0.1, -0.05) is 11.6 Å². The second-order valence-corrected chi connectivity index (χ2v) is 7.98. The minimum atomic E-state index is -4.58. The Morgan fingerprint density at radius 1 is 1.20 bits per heavy atom. The summed E-state index contributed by atoms with van der Waals surface area (Å²) in [6.07, 6.45) is -4.71.